The molecule has 7 heteroatoms. The summed E-state index contributed by atoms with van der Waals surface area (Å²) in [5.41, 5.74) is 0.291. The quantitative estimate of drug-likeness (QED) is 0.500. The molecule has 0 amide bonds. The number of carbonyl (C=O) groups excluding carboxylic acids is 2. The van der Waals surface area contributed by atoms with E-state index in [0.29, 0.717) is 10.6 Å². The molecule has 0 spiro atoms. The maximum Gasteiger partial charge on any atom is 0.194 e. The monoisotopic (exact) mass is 374 g/mol. The Balaban J connectivity index is 2.93. The lowest BCUT2D eigenvalue weighted by molar-refractivity contribution is -0.117. The molecule has 1 unspecified atom stereocenters. The van der Waals surface area contributed by atoms with Crippen LogP contribution in [0.1, 0.15) is 30.1 Å². The van der Waals surface area contributed by atoms with Gasteiger partial charge in [0.25, 0.3) is 0 Å². The molecule has 0 saturated heterocycles. The molecular weight excluding hydrogens is 365 g/mol. The van der Waals surface area contributed by atoms with Gasteiger partial charge in [0.2, 0.25) is 0 Å². The molecule has 1 rings (SSSR count). The third-order valence-corrected chi connectivity index (χ3v) is 4.13. The molecule has 0 N–H and O–H groups in total. The second-order valence-electron chi connectivity index (χ2n) is 4.40. The second-order valence-corrected chi connectivity index (χ2v) is 7.61. The maximum atomic E-state index is 12.2. The van der Waals surface area contributed by atoms with Gasteiger partial charge in [-0.15, -0.1) is 0 Å². The summed E-state index contributed by atoms with van der Waals surface area (Å²) in [6.45, 7) is 1.38. The smallest absolute Gasteiger partial charge is 0.194 e. The molecule has 20 heavy (non-hydrogen) atoms. The molecule has 0 aliphatic carbocycles. The van der Waals surface area contributed by atoms with Crippen LogP contribution in [0.25, 0.3) is 0 Å². The van der Waals surface area contributed by atoms with Crippen molar-refractivity contribution in [3.05, 3.63) is 33.8 Å². The fourth-order valence-corrected chi connectivity index (χ4v) is 2.68. The number of benzene rings is 1. The number of alkyl halides is 3. The number of hydrogen-bond donors (Lipinski definition) is 0. The van der Waals surface area contributed by atoms with E-state index in [2.05, 4.69) is 0 Å². The van der Waals surface area contributed by atoms with Crippen molar-refractivity contribution in [3.8, 4) is 0 Å². The Morgan fingerprint density at radius 3 is 2.20 bits per heavy atom. The molecular formula is C13H11Cl5O2. The van der Waals surface area contributed by atoms with Crippen LogP contribution in [-0.4, -0.2) is 15.4 Å². The molecule has 1 aromatic carbocycles. The van der Waals surface area contributed by atoms with E-state index >= 15 is 0 Å². The first-order valence-electron chi connectivity index (χ1n) is 5.65. The van der Waals surface area contributed by atoms with Gasteiger partial charge in [-0.3, -0.25) is 4.79 Å². The van der Waals surface area contributed by atoms with E-state index in [0.717, 1.165) is 0 Å². The highest BCUT2D eigenvalue weighted by atomic mass is 35.6. The fourth-order valence-electron chi connectivity index (χ4n) is 1.70. The van der Waals surface area contributed by atoms with Gasteiger partial charge in [0.1, 0.15) is 5.78 Å². The number of Topliss-reactive ketones (excluding diaryl/α,β-unsaturated/α-hetero) is 2. The normalized spacial score (nSPS) is 13.1. The number of ketones is 2. The molecule has 0 saturated carbocycles. The average Bonchev–Trinajstić information content (AvgIpc) is 2.25. The van der Waals surface area contributed by atoms with E-state index in [1.807, 2.05) is 0 Å². The first kappa shape index (κ1) is 18.1. The summed E-state index contributed by atoms with van der Waals surface area (Å²) < 4.78 is -1.69. The first-order chi connectivity index (χ1) is 9.11. The number of rotatable bonds is 5. The van der Waals surface area contributed by atoms with Crippen molar-refractivity contribution in [2.24, 2.45) is 5.92 Å². The third kappa shape index (κ3) is 5.42. The first-order valence-corrected chi connectivity index (χ1v) is 7.54. The van der Waals surface area contributed by atoms with Gasteiger partial charge in [-0.1, -0.05) is 58.0 Å². The summed E-state index contributed by atoms with van der Waals surface area (Å²) in [6, 6.07) is 4.53. The minimum atomic E-state index is -1.69. The van der Waals surface area contributed by atoms with E-state index in [1.54, 1.807) is 6.07 Å². The number of carbonyl (C=O) groups is 2. The van der Waals surface area contributed by atoms with Crippen molar-refractivity contribution in [2.75, 3.05) is 0 Å². The van der Waals surface area contributed by atoms with Crippen molar-refractivity contribution in [2.45, 2.75) is 23.6 Å². The van der Waals surface area contributed by atoms with E-state index in [-0.39, 0.29) is 29.4 Å². The van der Waals surface area contributed by atoms with Crippen molar-refractivity contribution in [1.82, 2.24) is 0 Å². The summed E-state index contributed by atoms with van der Waals surface area (Å²) in [5.74, 6) is -1.16. The predicted molar refractivity (Wildman–Crippen MR) is 84.5 cm³/mol. The molecule has 0 aliphatic heterocycles. The van der Waals surface area contributed by atoms with Crippen LogP contribution in [-0.2, 0) is 4.79 Å². The minimum Gasteiger partial charge on any atom is -0.300 e. The van der Waals surface area contributed by atoms with E-state index in [9.17, 15) is 9.59 Å². The standard InChI is InChI=1S/C13H11Cl5O2/c1-7(19)4-8(13(16,17)18)5-12(20)10-3-2-9(14)6-11(10)15/h2-3,6,8H,4-5H2,1H3. The number of halogens is 5. The van der Waals surface area contributed by atoms with Crippen molar-refractivity contribution >= 4 is 69.6 Å². The summed E-state index contributed by atoms with van der Waals surface area (Å²) in [5, 5.41) is 0.654. The average molecular weight is 376 g/mol. The van der Waals surface area contributed by atoms with Crippen LogP contribution >= 0.6 is 58.0 Å². The summed E-state index contributed by atoms with van der Waals surface area (Å²) in [7, 11) is 0. The van der Waals surface area contributed by atoms with E-state index in [4.69, 9.17) is 58.0 Å². The molecule has 2 nitrogen and oxygen atoms in total. The highest BCUT2D eigenvalue weighted by molar-refractivity contribution is 6.67. The van der Waals surface area contributed by atoms with Gasteiger partial charge in [-0.05, 0) is 25.1 Å². The molecule has 0 heterocycles. The van der Waals surface area contributed by atoms with Crippen molar-refractivity contribution < 1.29 is 9.59 Å². The maximum absolute atomic E-state index is 12.2. The summed E-state index contributed by atoms with van der Waals surface area (Å²) in [6.07, 6.45) is -0.0785. The van der Waals surface area contributed by atoms with E-state index in [1.165, 1.54) is 19.1 Å². The van der Waals surface area contributed by atoms with E-state index < -0.39 is 9.71 Å². The molecule has 0 fully saturated rings. The van der Waals surface area contributed by atoms with Crippen LogP contribution < -0.4 is 0 Å². The molecule has 0 aliphatic rings. The van der Waals surface area contributed by atoms with Crippen molar-refractivity contribution in [3.63, 3.8) is 0 Å². The Kier molecular flexibility index (Phi) is 6.62. The fraction of sp³-hybridized carbons (Fsp3) is 0.385. The van der Waals surface area contributed by atoms with Crippen LogP contribution in [0.5, 0.6) is 0 Å². The Labute approximate surface area is 142 Å². The second kappa shape index (κ2) is 7.33. The Morgan fingerprint density at radius 2 is 1.75 bits per heavy atom. The number of hydrogen-bond acceptors (Lipinski definition) is 2. The predicted octanol–water partition coefficient (Wildman–Crippen LogP) is 5.53. The molecule has 0 aromatic heterocycles. The zero-order chi connectivity index (χ0) is 15.5. The lowest BCUT2D eigenvalue weighted by Gasteiger charge is -2.22. The lowest BCUT2D eigenvalue weighted by atomic mass is 9.95. The zero-order valence-electron chi connectivity index (χ0n) is 10.4. The van der Waals surface area contributed by atoms with Gasteiger partial charge >= 0.3 is 0 Å². The van der Waals surface area contributed by atoms with Gasteiger partial charge in [0.15, 0.2) is 9.58 Å². The molecule has 110 valence electrons. The largest absolute Gasteiger partial charge is 0.300 e. The van der Waals surface area contributed by atoms with Crippen molar-refractivity contribution in [1.29, 1.82) is 0 Å². The lowest BCUT2D eigenvalue weighted by Crippen LogP contribution is -2.25. The van der Waals surface area contributed by atoms with Gasteiger partial charge in [-0.25, -0.2) is 0 Å². The Morgan fingerprint density at radius 1 is 1.15 bits per heavy atom. The van der Waals surface area contributed by atoms with Gasteiger partial charge in [0, 0.05) is 29.3 Å². The van der Waals surface area contributed by atoms with Gasteiger partial charge in [0.05, 0.1) is 5.02 Å². The molecule has 1 aromatic rings. The topological polar surface area (TPSA) is 34.1 Å². The SMILES string of the molecule is CC(=O)CC(CC(=O)c1ccc(Cl)cc1Cl)C(Cl)(Cl)Cl. The highest BCUT2D eigenvalue weighted by Gasteiger charge is 2.35. The Hall–Kier alpha value is 0.0100. The van der Waals surface area contributed by atoms with Gasteiger partial charge < -0.3 is 4.79 Å². The third-order valence-electron chi connectivity index (χ3n) is 2.66. The van der Waals surface area contributed by atoms with Crippen LogP contribution in [0.2, 0.25) is 10.0 Å². The van der Waals surface area contributed by atoms with Crippen LogP contribution in [0.15, 0.2) is 18.2 Å². The van der Waals surface area contributed by atoms with Crippen LogP contribution in [0.3, 0.4) is 0 Å². The molecule has 0 bridgehead atoms. The summed E-state index contributed by atoms with van der Waals surface area (Å²) >= 11 is 29.2. The summed E-state index contributed by atoms with van der Waals surface area (Å²) in [4.78, 5) is 23.4. The molecule has 1 atom stereocenters. The van der Waals surface area contributed by atoms with Crippen LogP contribution in [0, 0.1) is 5.92 Å². The van der Waals surface area contributed by atoms with Gasteiger partial charge in [-0.2, -0.15) is 0 Å². The highest BCUT2D eigenvalue weighted by Crippen LogP contribution is 2.40. The van der Waals surface area contributed by atoms with Crippen LogP contribution in [0.4, 0.5) is 0 Å². The minimum absolute atomic E-state index is 0.00739. The molecule has 0 radical (unpaired) electrons. The Bertz CT molecular complexity index is 522. The zero-order valence-corrected chi connectivity index (χ0v) is 14.2.